The largest absolute Gasteiger partial charge is 0.491 e. The van der Waals surface area contributed by atoms with E-state index in [9.17, 15) is 23.1 Å². The Morgan fingerprint density at radius 1 is 1.03 bits per heavy atom. The van der Waals surface area contributed by atoms with E-state index in [-0.39, 0.29) is 24.8 Å². The van der Waals surface area contributed by atoms with E-state index >= 15 is 0 Å². The van der Waals surface area contributed by atoms with Crippen molar-refractivity contribution in [3.8, 4) is 5.75 Å². The number of nitrogens with one attached hydrogen (secondary N) is 1. The number of carbonyl (C=O) groups is 1. The van der Waals surface area contributed by atoms with E-state index in [1.807, 2.05) is 18.2 Å². The highest BCUT2D eigenvalue weighted by atomic mass is 19.4. The normalized spacial score (nSPS) is 14.3. The van der Waals surface area contributed by atoms with Crippen molar-refractivity contribution in [1.82, 2.24) is 5.32 Å². The summed E-state index contributed by atoms with van der Waals surface area (Å²) in [5.41, 5.74) is 3.32. The van der Waals surface area contributed by atoms with E-state index in [0.29, 0.717) is 5.56 Å². The van der Waals surface area contributed by atoms with E-state index in [4.69, 9.17) is 4.74 Å². The highest BCUT2D eigenvalue weighted by Crippen LogP contribution is 2.31. The number of nitrogens with zero attached hydrogens (tertiary/aromatic N) is 1. The van der Waals surface area contributed by atoms with Crippen molar-refractivity contribution < 1.29 is 27.8 Å². The Bertz CT molecular complexity index is 1130. The Kier molecular flexibility index (Phi) is 7.07. The third-order valence-corrected chi connectivity index (χ3v) is 5.73. The monoisotopic (exact) mass is 470 g/mol. The van der Waals surface area contributed by atoms with Crippen LogP contribution in [0.2, 0.25) is 0 Å². The average Bonchev–Trinajstić information content (AvgIpc) is 2.85. The van der Waals surface area contributed by atoms with Gasteiger partial charge in [0.2, 0.25) is 0 Å². The minimum atomic E-state index is -4.47. The molecule has 0 saturated heterocycles. The lowest BCUT2D eigenvalue weighted by Crippen LogP contribution is -2.35. The van der Waals surface area contributed by atoms with Gasteiger partial charge in [0.25, 0.3) is 5.91 Å². The van der Waals surface area contributed by atoms with Gasteiger partial charge in [-0.3, -0.25) is 4.79 Å². The van der Waals surface area contributed by atoms with Gasteiger partial charge in [0.05, 0.1) is 5.56 Å². The van der Waals surface area contributed by atoms with Crippen LogP contribution in [-0.4, -0.2) is 36.8 Å². The minimum Gasteiger partial charge on any atom is -0.491 e. The Morgan fingerprint density at radius 2 is 1.76 bits per heavy atom. The standard InChI is InChI=1S/C26H25F3N2O3/c27-26(28,29)21-6-3-7-24(14-21)34-17-23(32)15-30-25(33)19-8-10-22(11-9-19)31-13-12-18-4-1-2-5-20(18)16-31/h1-11,14,23,32H,12-13,15-17H2,(H,30,33). The molecule has 2 N–H and O–H groups in total. The van der Waals surface area contributed by atoms with Crippen molar-refractivity contribution in [3.63, 3.8) is 0 Å². The molecule has 8 heteroatoms. The van der Waals surface area contributed by atoms with Crippen molar-refractivity contribution in [2.24, 2.45) is 0 Å². The molecule has 0 fully saturated rings. The molecule has 0 spiro atoms. The number of alkyl halides is 3. The molecular formula is C26H25F3N2O3. The summed E-state index contributed by atoms with van der Waals surface area (Å²) in [6.45, 7) is 1.37. The van der Waals surface area contributed by atoms with Crippen LogP contribution in [-0.2, 0) is 19.1 Å². The van der Waals surface area contributed by atoms with Crippen LogP contribution >= 0.6 is 0 Å². The van der Waals surface area contributed by atoms with Gasteiger partial charge in [0.15, 0.2) is 0 Å². The predicted molar refractivity (Wildman–Crippen MR) is 123 cm³/mol. The second-order valence-corrected chi connectivity index (χ2v) is 8.19. The van der Waals surface area contributed by atoms with Gasteiger partial charge < -0.3 is 20.1 Å². The molecule has 0 radical (unpaired) electrons. The molecule has 4 rings (SSSR count). The van der Waals surface area contributed by atoms with E-state index < -0.39 is 17.8 Å². The number of anilines is 1. The third-order valence-electron chi connectivity index (χ3n) is 5.73. The molecular weight excluding hydrogens is 445 g/mol. The summed E-state index contributed by atoms with van der Waals surface area (Å²) in [6.07, 6.45) is -4.58. The number of aliphatic hydroxyl groups is 1. The van der Waals surface area contributed by atoms with Gasteiger partial charge in [-0.1, -0.05) is 30.3 Å². The number of hydrogen-bond donors (Lipinski definition) is 2. The van der Waals surface area contributed by atoms with Crippen molar-refractivity contribution >= 4 is 11.6 Å². The van der Waals surface area contributed by atoms with E-state index in [1.165, 1.54) is 23.3 Å². The van der Waals surface area contributed by atoms with Gasteiger partial charge in [-0.15, -0.1) is 0 Å². The topological polar surface area (TPSA) is 61.8 Å². The zero-order chi connectivity index (χ0) is 24.1. The van der Waals surface area contributed by atoms with Crippen molar-refractivity contribution in [3.05, 3.63) is 95.1 Å². The van der Waals surface area contributed by atoms with Crippen LogP contribution in [0.4, 0.5) is 18.9 Å². The molecule has 1 aliphatic rings. The van der Waals surface area contributed by atoms with Crippen LogP contribution < -0.4 is 15.0 Å². The van der Waals surface area contributed by atoms with Gasteiger partial charge in [0, 0.05) is 30.9 Å². The number of ether oxygens (including phenoxy) is 1. The molecule has 1 aliphatic heterocycles. The Hall–Kier alpha value is -3.52. The number of rotatable bonds is 7. The molecule has 3 aromatic carbocycles. The molecule has 0 aliphatic carbocycles. The van der Waals surface area contributed by atoms with Crippen LogP contribution in [0.3, 0.4) is 0 Å². The maximum atomic E-state index is 12.8. The van der Waals surface area contributed by atoms with Gasteiger partial charge in [-0.25, -0.2) is 0 Å². The number of hydrogen-bond acceptors (Lipinski definition) is 4. The van der Waals surface area contributed by atoms with Crippen molar-refractivity contribution in [1.29, 1.82) is 0 Å². The molecule has 1 amide bonds. The van der Waals surface area contributed by atoms with Crippen LogP contribution in [0.15, 0.2) is 72.8 Å². The number of aliphatic hydroxyl groups excluding tert-OH is 1. The quantitative estimate of drug-likeness (QED) is 0.536. The average molecular weight is 470 g/mol. The number of fused-ring (bicyclic) bond motifs is 1. The smallest absolute Gasteiger partial charge is 0.416 e. The summed E-state index contributed by atoms with van der Waals surface area (Å²) in [7, 11) is 0. The van der Waals surface area contributed by atoms with Crippen LogP contribution in [0.1, 0.15) is 27.0 Å². The van der Waals surface area contributed by atoms with Gasteiger partial charge >= 0.3 is 6.18 Å². The molecule has 0 aromatic heterocycles. The highest BCUT2D eigenvalue weighted by Gasteiger charge is 2.30. The van der Waals surface area contributed by atoms with Crippen molar-refractivity contribution in [2.75, 3.05) is 24.6 Å². The molecule has 1 heterocycles. The predicted octanol–water partition coefficient (Wildman–Crippen LogP) is 4.44. The zero-order valence-electron chi connectivity index (χ0n) is 18.4. The first-order valence-corrected chi connectivity index (χ1v) is 11.0. The molecule has 0 bridgehead atoms. The van der Waals surface area contributed by atoms with E-state index in [2.05, 4.69) is 28.4 Å². The number of benzene rings is 3. The Labute approximate surface area is 195 Å². The van der Waals surface area contributed by atoms with Crippen LogP contribution in [0.5, 0.6) is 5.75 Å². The first-order valence-electron chi connectivity index (χ1n) is 11.0. The molecule has 1 atom stereocenters. The minimum absolute atomic E-state index is 0.00359. The molecule has 178 valence electrons. The summed E-state index contributed by atoms with van der Waals surface area (Å²) >= 11 is 0. The first kappa shape index (κ1) is 23.6. The lowest BCUT2D eigenvalue weighted by Gasteiger charge is -2.30. The molecule has 1 unspecified atom stereocenters. The molecule has 0 saturated carbocycles. The Morgan fingerprint density at radius 3 is 2.50 bits per heavy atom. The molecule has 34 heavy (non-hydrogen) atoms. The SMILES string of the molecule is O=C(NCC(O)COc1cccc(C(F)(F)F)c1)c1ccc(N2CCc3ccccc3C2)cc1. The van der Waals surface area contributed by atoms with Crippen LogP contribution in [0, 0.1) is 0 Å². The first-order chi connectivity index (χ1) is 16.3. The fourth-order valence-corrected chi connectivity index (χ4v) is 3.87. The van der Waals surface area contributed by atoms with E-state index in [0.717, 1.165) is 37.3 Å². The number of carbonyl (C=O) groups excluding carboxylic acids is 1. The third kappa shape index (κ3) is 5.88. The summed E-state index contributed by atoms with van der Waals surface area (Å²) in [4.78, 5) is 14.7. The van der Waals surface area contributed by atoms with Gasteiger partial charge in [0.1, 0.15) is 18.5 Å². The zero-order valence-corrected chi connectivity index (χ0v) is 18.4. The second kappa shape index (κ2) is 10.2. The maximum Gasteiger partial charge on any atom is 0.416 e. The number of amides is 1. The number of halogens is 3. The lowest BCUT2D eigenvalue weighted by atomic mass is 9.99. The van der Waals surface area contributed by atoms with E-state index in [1.54, 1.807) is 12.1 Å². The van der Waals surface area contributed by atoms with Crippen LogP contribution in [0.25, 0.3) is 0 Å². The highest BCUT2D eigenvalue weighted by molar-refractivity contribution is 5.94. The molecule has 3 aromatic rings. The second-order valence-electron chi connectivity index (χ2n) is 8.19. The summed E-state index contributed by atoms with van der Waals surface area (Å²) in [5, 5.41) is 12.7. The summed E-state index contributed by atoms with van der Waals surface area (Å²) in [6, 6.07) is 20.1. The Balaban J connectivity index is 1.26. The maximum absolute atomic E-state index is 12.8. The molecule has 5 nitrogen and oxygen atoms in total. The lowest BCUT2D eigenvalue weighted by molar-refractivity contribution is -0.137. The van der Waals surface area contributed by atoms with Gasteiger partial charge in [-0.05, 0) is 60.0 Å². The summed E-state index contributed by atoms with van der Waals surface area (Å²) < 4.78 is 43.6. The summed E-state index contributed by atoms with van der Waals surface area (Å²) in [5.74, 6) is -0.357. The fourth-order valence-electron chi connectivity index (χ4n) is 3.87. The van der Waals surface area contributed by atoms with Crippen molar-refractivity contribution in [2.45, 2.75) is 25.2 Å². The fraction of sp³-hybridized carbons (Fsp3) is 0.269. The van der Waals surface area contributed by atoms with Gasteiger partial charge in [-0.2, -0.15) is 13.2 Å².